The quantitative estimate of drug-likeness (QED) is 0.245. The van der Waals surface area contributed by atoms with E-state index in [4.69, 9.17) is 38.0 Å². The second kappa shape index (κ2) is 11.6. The molecule has 0 aliphatic carbocycles. The molecule has 0 saturated carbocycles. The predicted octanol–water partition coefficient (Wildman–Crippen LogP) is 7.05. The van der Waals surface area contributed by atoms with Crippen molar-refractivity contribution in [3.63, 3.8) is 0 Å². The van der Waals surface area contributed by atoms with E-state index in [-0.39, 0.29) is 0 Å². The normalized spacial score (nSPS) is 15.3. The second-order valence-electron chi connectivity index (χ2n) is 8.92. The lowest BCUT2D eigenvalue weighted by atomic mass is 10.0. The molecule has 3 heterocycles. The van der Waals surface area contributed by atoms with E-state index in [1.807, 2.05) is 72.8 Å². The highest BCUT2D eigenvalue weighted by atomic mass is 35.5. The minimum atomic E-state index is 0.375. The molecule has 2 aromatic carbocycles. The topological polar surface area (TPSA) is 75.5 Å². The largest absolute Gasteiger partial charge is 0.459 e. The second-order valence-corrected chi connectivity index (χ2v) is 9.77. The number of nitrogens with zero attached hydrogens (tertiary/aromatic N) is 3. The van der Waals surface area contributed by atoms with Crippen molar-refractivity contribution in [2.75, 3.05) is 16.8 Å². The van der Waals surface area contributed by atoms with E-state index in [9.17, 15) is 0 Å². The molecule has 1 saturated heterocycles. The van der Waals surface area contributed by atoms with Crippen molar-refractivity contribution in [1.29, 1.82) is 0 Å². The third kappa shape index (κ3) is 6.58. The molecular weight excluding hydrogens is 506 g/mol. The van der Waals surface area contributed by atoms with Crippen LogP contribution in [-0.2, 0) is 6.54 Å². The van der Waals surface area contributed by atoms with Crippen LogP contribution in [0.3, 0.4) is 0 Å². The van der Waals surface area contributed by atoms with E-state index in [0.717, 1.165) is 42.3 Å². The minimum absolute atomic E-state index is 0.375. The van der Waals surface area contributed by atoms with Crippen molar-refractivity contribution < 1.29 is 9.15 Å². The third-order valence-corrected chi connectivity index (χ3v) is 6.69. The van der Waals surface area contributed by atoms with Gasteiger partial charge in [-0.1, -0.05) is 29.8 Å². The summed E-state index contributed by atoms with van der Waals surface area (Å²) in [6, 6.07) is 23.2. The number of furan rings is 1. The Morgan fingerprint density at radius 1 is 1.08 bits per heavy atom. The molecule has 0 spiro atoms. The van der Waals surface area contributed by atoms with Gasteiger partial charge < -0.3 is 24.7 Å². The van der Waals surface area contributed by atoms with Crippen LogP contribution in [0.15, 0.2) is 77.2 Å². The van der Waals surface area contributed by atoms with Gasteiger partial charge in [0.15, 0.2) is 5.11 Å². The summed E-state index contributed by atoms with van der Waals surface area (Å²) in [7, 11) is 0. The first-order chi connectivity index (χ1) is 18.0. The van der Waals surface area contributed by atoms with Gasteiger partial charge in [-0.2, -0.15) is 9.97 Å². The fraction of sp³-hybridized carbons (Fsp3) is 0.250. The van der Waals surface area contributed by atoms with Crippen molar-refractivity contribution >= 4 is 40.7 Å². The van der Waals surface area contributed by atoms with Crippen LogP contribution in [0.25, 0.3) is 11.3 Å². The molecule has 7 nitrogen and oxygen atoms in total. The summed E-state index contributed by atoms with van der Waals surface area (Å²) in [6.45, 7) is 3.58. The number of hydrogen-bond acceptors (Lipinski definition) is 6. The maximum Gasteiger partial charge on any atom is 0.234 e. The first-order valence-electron chi connectivity index (χ1n) is 12.3. The molecule has 4 aromatic rings. The number of halogens is 1. The number of thiocarbonyl (C=S) groups is 1. The van der Waals surface area contributed by atoms with Crippen LogP contribution in [0.5, 0.6) is 11.6 Å². The highest BCUT2D eigenvalue weighted by Gasteiger charge is 2.22. The Morgan fingerprint density at radius 3 is 2.68 bits per heavy atom. The van der Waals surface area contributed by atoms with Crippen molar-refractivity contribution in [2.24, 2.45) is 0 Å². The van der Waals surface area contributed by atoms with Gasteiger partial charge in [-0.3, -0.25) is 0 Å². The summed E-state index contributed by atoms with van der Waals surface area (Å²) in [4.78, 5) is 11.6. The first-order valence-corrected chi connectivity index (χ1v) is 13.1. The smallest absolute Gasteiger partial charge is 0.234 e. The Morgan fingerprint density at radius 2 is 1.89 bits per heavy atom. The number of anilines is 2. The number of aromatic nitrogens is 2. The zero-order valence-corrected chi connectivity index (χ0v) is 22.1. The van der Waals surface area contributed by atoms with Crippen LogP contribution < -0.4 is 20.3 Å². The molecule has 0 unspecified atom stereocenters. The zero-order valence-electron chi connectivity index (χ0n) is 20.5. The van der Waals surface area contributed by atoms with Gasteiger partial charge in [-0.05, 0) is 86.9 Å². The lowest BCUT2D eigenvalue weighted by Crippen LogP contribution is -2.38. The number of ether oxygens (including phenoxy) is 1. The average Bonchev–Trinajstić information content (AvgIpc) is 3.38. The Hall–Kier alpha value is -3.62. The minimum Gasteiger partial charge on any atom is -0.459 e. The van der Waals surface area contributed by atoms with Crippen molar-refractivity contribution in [3.8, 4) is 23.0 Å². The Labute approximate surface area is 226 Å². The monoisotopic (exact) mass is 533 g/mol. The molecule has 9 heteroatoms. The van der Waals surface area contributed by atoms with Crippen LogP contribution in [0, 0.1) is 0 Å². The fourth-order valence-electron chi connectivity index (χ4n) is 4.27. The first kappa shape index (κ1) is 25.0. The van der Waals surface area contributed by atoms with E-state index >= 15 is 0 Å². The standard InChI is InChI=1S/C28H28ClN5O2S/c1-19-7-5-6-16-34(19)25-17-26(36-22-8-3-2-4-9-22)32-27(31-25)33-28(37)30-18-23-14-15-24(35-23)20-10-12-21(29)13-11-20/h2-4,8-15,17,19H,5-7,16,18H2,1H3,(H2,30,31,32,33,37)/t19-/m1/s1. The van der Waals surface area contributed by atoms with E-state index in [1.165, 1.54) is 6.42 Å². The van der Waals surface area contributed by atoms with Crippen molar-refractivity contribution in [1.82, 2.24) is 15.3 Å². The van der Waals surface area contributed by atoms with Crippen LogP contribution in [0.2, 0.25) is 5.02 Å². The Bertz CT molecular complexity index is 1350. The van der Waals surface area contributed by atoms with Crippen LogP contribution in [-0.4, -0.2) is 27.7 Å². The number of nitrogens with one attached hydrogen (secondary N) is 2. The van der Waals surface area contributed by atoms with Gasteiger partial charge in [0.25, 0.3) is 0 Å². The summed E-state index contributed by atoms with van der Waals surface area (Å²) in [5, 5.41) is 7.36. The molecule has 0 radical (unpaired) electrons. The number of hydrogen-bond donors (Lipinski definition) is 2. The molecule has 0 bridgehead atoms. The van der Waals surface area contributed by atoms with Gasteiger partial charge >= 0.3 is 0 Å². The van der Waals surface area contributed by atoms with E-state index in [2.05, 4.69) is 27.4 Å². The third-order valence-electron chi connectivity index (χ3n) is 6.19. The average molecular weight is 534 g/mol. The van der Waals surface area contributed by atoms with Crippen LogP contribution >= 0.6 is 23.8 Å². The van der Waals surface area contributed by atoms with Gasteiger partial charge in [0, 0.05) is 29.2 Å². The summed E-state index contributed by atoms with van der Waals surface area (Å²) in [5.41, 5.74) is 0.958. The molecule has 0 amide bonds. The molecule has 190 valence electrons. The molecule has 1 aliphatic heterocycles. The molecule has 1 fully saturated rings. The van der Waals surface area contributed by atoms with E-state index < -0.39 is 0 Å². The Balaban J connectivity index is 1.28. The number of benzene rings is 2. The van der Waals surface area contributed by atoms with Crippen LogP contribution in [0.1, 0.15) is 31.9 Å². The molecule has 1 atom stereocenters. The number of para-hydroxylation sites is 1. The molecule has 5 rings (SSSR count). The predicted molar refractivity (Wildman–Crippen MR) is 151 cm³/mol. The van der Waals surface area contributed by atoms with E-state index in [0.29, 0.717) is 40.3 Å². The van der Waals surface area contributed by atoms with Crippen molar-refractivity contribution in [2.45, 2.75) is 38.8 Å². The molecule has 2 N–H and O–H groups in total. The fourth-order valence-corrected chi connectivity index (χ4v) is 4.56. The maximum absolute atomic E-state index is 6.04. The van der Waals surface area contributed by atoms with Gasteiger partial charge in [-0.15, -0.1) is 0 Å². The van der Waals surface area contributed by atoms with Gasteiger partial charge in [0.05, 0.1) is 6.54 Å². The SMILES string of the molecule is C[C@@H]1CCCCN1c1cc(Oc2ccccc2)nc(NC(=S)NCc2ccc(-c3ccc(Cl)cc3)o2)n1. The summed E-state index contributed by atoms with van der Waals surface area (Å²) < 4.78 is 12.0. The number of piperidine rings is 1. The lowest BCUT2D eigenvalue weighted by Gasteiger charge is -2.34. The number of rotatable bonds is 7. The maximum atomic E-state index is 6.04. The van der Waals surface area contributed by atoms with Gasteiger partial charge in [-0.25, -0.2) is 0 Å². The Kier molecular flexibility index (Phi) is 7.87. The van der Waals surface area contributed by atoms with E-state index in [1.54, 1.807) is 0 Å². The molecule has 2 aromatic heterocycles. The zero-order chi connectivity index (χ0) is 25.6. The van der Waals surface area contributed by atoms with Gasteiger partial charge in [0.2, 0.25) is 11.8 Å². The van der Waals surface area contributed by atoms with Gasteiger partial charge in [0.1, 0.15) is 23.1 Å². The summed E-state index contributed by atoms with van der Waals surface area (Å²) in [6.07, 6.45) is 3.48. The highest BCUT2D eigenvalue weighted by molar-refractivity contribution is 7.80. The molecule has 1 aliphatic rings. The van der Waals surface area contributed by atoms with Crippen LogP contribution in [0.4, 0.5) is 11.8 Å². The van der Waals surface area contributed by atoms with Crippen molar-refractivity contribution in [3.05, 3.63) is 83.6 Å². The summed E-state index contributed by atoms with van der Waals surface area (Å²) >= 11 is 11.5. The molecular formula is C28H28ClN5O2S. The summed E-state index contributed by atoms with van der Waals surface area (Å²) in [5.74, 6) is 3.87. The lowest BCUT2D eigenvalue weighted by molar-refractivity contribution is 0.457. The highest BCUT2D eigenvalue weighted by Crippen LogP contribution is 2.29. The molecule has 37 heavy (non-hydrogen) atoms.